The molecule has 0 unspecified atom stereocenters. The Bertz CT molecular complexity index is 366. The molecule has 1 aromatic carbocycles. The second-order valence-corrected chi connectivity index (χ2v) is 8.20. The molecule has 0 aliphatic rings. The lowest BCUT2D eigenvalue weighted by Gasteiger charge is -2.31. The van der Waals surface area contributed by atoms with Gasteiger partial charge in [0, 0.05) is 5.30 Å². The van der Waals surface area contributed by atoms with Gasteiger partial charge in [0.25, 0.3) is 0 Å². The van der Waals surface area contributed by atoms with Gasteiger partial charge in [-0.3, -0.25) is 0 Å². The van der Waals surface area contributed by atoms with E-state index in [0.29, 0.717) is 0 Å². The molecule has 7 heteroatoms. The van der Waals surface area contributed by atoms with E-state index in [1.165, 1.54) is 0 Å². The van der Waals surface area contributed by atoms with Crippen LogP contribution in [0.5, 0.6) is 0 Å². The topological polar surface area (TPSA) is 79.2 Å². The molecule has 0 aliphatic carbocycles. The lowest BCUT2D eigenvalue weighted by atomic mass is 10.2. The van der Waals surface area contributed by atoms with Crippen molar-refractivity contribution in [2.24, 2.45) is 0 Å². The molecule has 0 radical (unpaired) electrons. The minimum absolute atomic E-state index is 0.202. The fraction of sp³-hybridized carbons (Fsp3) is 0.571. The highest BCUT2D eigenvalue weighted by atomic mass is 31.2. The van der Waals surface area contributed by atoms with Crippen molar-refractivity contribution in [1.29, 1.82) is 0 Å². The Kier molecular flexibility index (Phi) is 9.06. The van der Waals surface area contributed by atoms with Gasteiger partial charge in [0.1, 0.15) is 0 Å². The summed E-state index contributed by atoms with van der Waals surface area (Å²) in [4.78, 5) is 21.7. The maximum absolute atomic E-state index is 7.23. The van der Waals surface area contributed by atoms with E-state index in [1.54, 1.807) is 0 Å². The largest absolute Gasteiger partial charge is 0.328 e. The van der Waals surface area contributed by atoms with Crippen molar-refractivity contribution in [3.63, 3.8) is 0 Å². The first-order valence-corrected chi connectivity index (χ1v) is 8.89. The molecule has 0 amide bonds. The molecule has 0 bridgehead atoms. The summed E-state index contributed by atoms with van der Waals surface area (Å²) in [6.45, 7) is 12.3. The molecule has 0 saturated carbocycles. The van der Waals surface area contributed by atoms with Gasteiger partial charge in [-0.15, -0.1) is 0 Å². The second kappa shape index (κ2) is 9.12. The van der Waals surface area contributed by atoms with Crippen LogP contribution in [0.4, 0.5) is 0 Å². The molecule has 0 aliphatic heterocycles. The normalized spacial score (nSPS) is 12.3. The fourth-order valence-corrected chi connectivity index (χ4v) is 2.83. The molecule has 0 aromatic heterocycles. The highest BCUT2D eigenvalue weighted by molar-refractivity contribution is 7.56. The van der Waals surface area contributed by atoms with Crippen LogP contribution in [0, 0.1) is 0 Å². The van der Waals surface area contributed by atoms with Crippen LogP contribution in [0.2, 0.25) is 0 Å². The van der Waals surface area contributed by atoms with E-state index in [2.05, 4.69) is 53.7 Å². The number of rotatable bonds is 3. The maximum Gasteiger partial charge on any atom is 0.324 e. The van der Waals surface area contributed by atoms with Crippen LogP contribution in [0.1, 0.15) is 41.5 Å². The van der Waals surface area contributed by atoms with Crippen LogP contribution in [-0.4, -0.2) is 25.9 Å². The first-order valence-electron chi connectivity index (χ1n) is 6.51. The zero-order valence-corrected chi connectivity index (χ0v) is 15.2. The highest BCUT2D eigenvalue weighted by Crippen LogP contribution is 2.45. The van der Waals surface area contributed by atoms with E-state index in [4.69, 9.17) is 23.7 Å². The minimum atomic E-state index is -2.62. The van der Waals surface area contributed by atoms with Crippen LogP contribution in [0.25, 0.3) is 0 Å². The average molecular weight is 336 g/mol. The molecule has 0 atom stereocenters. The minimum Gasteiger partial charge on any atom is -0.328 e. The standard InChI is InChI=1S/C14H23O2P.H3O3P/c1-13(2,3)15-17(16-14(4,5)6)12-10-8-7-9-11-12;1-4(2)3/h7-11H,1-6H3;1-3H. The quantitative estimate of drug-likeness (QED) is 0.737. The number of hydrogen-bond acceptors (Lipinski definition) is 5. The van der Waals surface area contributed by atoms with Crippen molar-refractivity contribution in [2.45, 2.75) is 52.7 Å². The SMILES string of the molecule is CC(C)(C)OP(OC(C)(C)C)c1ccccc1.OP(O)O. The Labute approximate surface area is 129 Å². The summed E-state index contributed by atoms with van der Waals surface area (Å²) in [5, 5.41) is 1.12. The Hall–Kier alpha value is -0.120. The summed E-state index contributed by atoms with van der Waals surface area (Å²) in [7, 11) is -3.65. The third-order valence-corrected chi connectivity index (χ3v) is 3.83. The Morgan fingerprint density at radius 3 is 1.38 bits per heavy atom. The highest BCUT2D eigenvalue weighted by Gasteiger charge is 2.26. The van der Waals surface area contributed by atoms with Gasteiger partial charge in [-0.1, -0.05) is 18.2 Å². The van der Waals surface area contributed by atoms with Crippen LogP contribution in [0.3, 0.4) is 0 Å². The summed E-state index contributed by atoms with van der Waals surface area (Å²) in [5.41, 5.74) is -0.403. The molecule has 5 nitrogen and oxygen atoms in total. The molecule has 1 aromatic rings. The molecule has 0 fully saturated rings. The molecule has 1 rings (SSSR count). The molecule has 122 valence electrons. The second-order valence-electron chi connectivity index (χ2n) is 6.27. The fourth-order valence-electron chi connectivity index (χ4n) is 1.17. The first-order chi connectivity index (χ1) is 9.41. The summed E-state index contributed by atoms with van der Waals surface area (Å²) in [5.74, 6) is 0. The van der Waals surface area contributed by atoms with Gasteiger partial charge in [0.15, 0.2) is 0 Å². The summed E-state index contributed by atoms with van der Waals surface area (Å²) >= 11 is 0. The van der Waals surface area contributed by atoms with Crippen molar-refractivity contribution >= 4 is 22.3 Å². The first kappa shape index (κ1) is 20.9. The molecule has 3 N–H and O–H groups in total. The van der Waals surface area contributed by atoms with Crippen LogP contribution >= 0.6 is 17.0 Å². The van der Waals surface area contributed by atoms with Gasteiger partial charge in [-0.05, 0) is 53.7 Å². The molecule has 21 heavy (non-hydrogen) atoms. The lowest BCUT2D eigenvalue weighted by Crippen LogP contribution is -2.25. The molecule has 0 spiro atoms. The van der Waals surface area contributed by atoms with Gasteiger partial charge in [-0.25, -0.2) is 0 Å². The zero-order valence-electron chi connectivity index (χ0n) is 13.4. The Balaban J connectivity index is 0.000000885. The van der Waals surface area contributed by atoms with E-state index in [0.717, 1.165) is 5.30 Å². The molecule has 0 heterocycles. The van der Waals surface area contributed by atoms with Crippen molar-refractivity contribution in [1.82, 2.24) is 0 Å². The summed E-state index contributed by atoms with van der Waals surface area (Å²) < 4.78 is 12.1. The third kappa shape index (κ3) is 13.3. The summed E-state index contributed by atoms with van der Waals surface area (Å²) in [6.07, 6.45) is 0. The van der Waals surface area contributed by atoms with Crippen LogP contribution in [0.15, 0.2) is 30.3 Å². The molecular weight excluding hydrogens is 310 g/mol. The molecular formula is C14H26O5P2. The smallest absolute Gasteiger partial charge is 0.324 e. The van der Waals surface area contributed by atoms with E-state index in [1.807, 2.05) is 18.2 Å². The predicted molar refractivity (Wildman–Crippen MR) is 88.2 cm³/mol. The van der Waals surface area contributed by atoms with Gasteiger partial charge in [0.2, 0.25) is 8.38 Å². The predicted octanol–water partition coefficient (Wildman–Crippen LogP) is 3.44. The zero-order chi connectivity index (χ0) is 16.7. The van der Waals surface area contributed by atoms with Crippen LogP contribution < -0.4 is 5.30 Å². The Morgan fingerprint density at radius 1 is 0.762 bits per heavy atom. The van der Waals surface area contributed by atoms with Gasteiger partial charge in [-0.2, -0.15) is 0 Å². The monoisotopic (exact) mass is 336 g/mol. The Morgan fingerprint density at radius 2 is 1.10 bits per heavy atom. The van der Waals surface area contributed by atoms with Gasteiger partial charge in [0.05, 0.1) is 11.2 Å². The van der Waals surface area contributed by atoms with E-state index < -0.39 is 17.0 Å². The average Bonchev–Trinajstić information content (AvgIpc) is 2.24. The van der Waals surface area contributed by atoms with E-state index >= 15 is 0 Å². The van der Waals surface area contributed by atoms with E-state index in [9.17, 15) is 0 Å². The van der Waals surface area contributed by atoms with Crippen molar-refractivity contribution in [3.05, 3.63) is 30.3 Å². The van der Waals surface area contributed by atoms with Crippen molar-refractivity contribution in [3.8, 4) is 0 Å². The maximum atomic E-state index is 7.23. The van der Waals surface area contributed by atoms with Crippen molar-refractivity contribution < 1.29 is 23.7 Å². The van der Waals surface area contributed by atoms with Crippen LogP contribution in [-0.2, 0) is 9.05 Å². The van der Waals surface area contributed by atoms with E-state index in [-0.39, 0.29) is 11.2 Å². The number of hydrogen-bond donors (Lipinski definition) is 3. The number of benzene rings is 1. The summed E-state index contributed by atoms with van der Waals surface area (Å²) in [6, 6.07) is 10.2. The van der Waals surface area contributed by atoms with Crippen molar-refractivity contribution in [2.75, 3.05) is 0 Å². The molecule has 0 saturated heterocycles. The lowest BCUT2D eigenvalue weighted by molar-refractivity contribution is 0.0777. The van der Waals surface area contributed by atoms with Gasteiger partial charge < -0.3 is 23.7 Å². The third-order valence-electron chi connectivity index (χ3n) is 1.68. The van der Waals surface area contributed by atoms with Gasteiger partial charge >= 0.3 is 8.60 Å².